The third-order valence-corrected chi connectivity index (χ3v) is 5.88. The van der Waals surface area contributed by atoms with Gasteiger partial charge in [0.2, 0.25) is 5.91 Å². The maximum absolute atomic E-state index is 13.3. The number of nitrogens with one attached hydrogen (secondary N) is 1. The summed E-state index contributed by atoms with van der Waals surface area (Å²) in [5.41, 5.74) is 0.753. The van der Waals surface area contributed by atoms with E-state index in [-0.39, 0.29) is 30.6 Å². The van der Waals surface area contributed by atoms with E-state index in [1.54, 1.807) is 30.3 Å². The number of nitrogens with zero attached hydrogens (tertiary/aromatic N) is 1. The van der Waals surface area contributed by atoms with Crippen LogP contribution >= 0.6 is 0 Å². The second-order valence-electron chi connectivity index (χ2n) is 9.21. The highest BCUT2D eigenvalue weighted by atomic mass is 16.6. The van der Waals surface area contributed by atoms with E-state index in [0.29, 0.717) is 24.0 Å². The number of imide groups is 1. The molecule has 1 saturated heterocycles. The van der Waals surface area contributed by atoms with Gasteiger partial charge in [0.1, 0.15) is 13.2 Å². The average Bonchev–Trinajstić information content (AvgIpc) is 3.19. The van der Waals surface area contributed by atoms with Crippen LogP contribution in [0.4, 0.5) is 9.59 Å². The summed E-state index contributed by atoms with van der Waals surface area (Å²) in [7, 11) is 1.30. The number of cyclic esters (lactones) is 1. The standard InChI is InChI=1S/C24H30N2O7/c1-24(2,3)19-14-33-23(30)26(19)20(27)17-7-5-6-8-18(17)25-22(29)32-13-15-9-11-16(12-10-15)21(28)31-4/h6,8-12,17-19H,5,7,13-14H2,1-4H3,(H,25,29)/t17-,18-,19+/m0/s1. The summed E-state index contributed by atoms with van der Waals surface area (Å²) in [5, 5.41) is 2.73. The maximum atomic E-state index is 13.3. The average molecular weight is 459 g/mol. The van der Waals surface area contributed by atoms with Crippen molar-refractivity contribution in [3.8, 4) is 0 Å². The number of amides is 3. The van der Waals surface area contributed by atoms with Crippen LogP contribution in [0.15, 0.2) is 36.4 Å². The summed E-state index contributed by atoms with van der Waals surface area (Å²) in [6.07, 6.45) is 3.48. The first-order chi connectivity index (χ1) is 15.6. The van der Waals surface area contributed by atoms with Crippen LogP contribution in [-0.2, 0) is 25.6 Å². The van der Waals surface area contributed by atoms with E-state index in [0.717, 1.165) is 0 Å². The minimum absolute atomic E-state index is 0.00706. The lowest BCUT2D eigenvalue weighted by molar-refractivity contribution is -0.135. The molecule has 0 radical (unpaired) electrons. The molecule has 0 aromatic heterocycles. The molecule has 0 bridgehead atoms. The van der Waals surface area contributed by atoms with Gasteiger partial charge in [-0.15, -0.1) is 0 Å². The van der Waals surface area contributed by atoms with E-state index in [1.807, 2.05) is 26.8 Å². The Hall–Kier alpha value is -3.36. The molecule has 3 rings (SSSR count). The van der Waals surface area contributed by atoms with Gasteiger partial charge in [-0.3, -0.25) is 4.79 Å². The predicted molar refractivity (Wildman–Crippen MR) is 118 cm³/mol. The molecule has 0 spiro atoms. The van der Waals surface area contributed by atoms with Gasteiger partial charge in [-0.1, -0.05) is 45.1 Å². The van der Waals surface area contributed by atoms with Crippen LogP contribution < -0.4 is 5.32 Å². The Kier molecular flexibility index (Phi) is 7.40. The quantitative estimate of drug-likeness (QED) is 0.409. The van der Waals surface area contributed by atoms with Crippen LogP contribution in [0, 0.1) is 11.3 Å². The van der Waals surface area contributed by atoms with Crippen LogP contribution in [0.1, 0.15) is 49.5 Å². The molecule has 1 aromatic carbocycles. The normalized spacial score (nSPS) is 22.5. The third kappa shape index (κ3) is 5.71. The summed E-state index contributed by atoms with van der Waals surface area (Å²) in [6, 6.07) is 5.53. The fourth-order valence-electron chi connectivity index (χ4n) is 3.92. The second kappa shape index (κ2) is 10.1. The van der Waals surface area contributed by atoms with Crippen molar-refractivity contribution in [3.63, 3.8) is 0 Å². The monoisotopic (exact) mass is 458 g/mol. The van der Waals surface area contributed by atoms with Crippen LogP contribution in [0.3, 0.4) is 0 Å². The molecule has 0 saturated carbocycles. The van der Waals surface area contributed by atoms with Crippen molar-refractivity contribution in [2.75, 3.05) is 13.7 Å². The number of benzene rings is 1. The number of esters is 1. The number of methoxy groups -OCH3 is 1. The number of hydrogen-bond donors (Lipinski definition) is 1. The van der Waals surface area contributed by atoms with Crippen LogP contribution in [0.5, 0.6) is 0 Å². The zero-order chi connectivity index (χ0) is 24.2. The molecular formula is C24H30N2O7. The minimum atomic E-state index is -0.683. The fourth-order valence-corrected chi connectivity index (χ4v) is 3.92. The molecule has 9 nitrogen and oxygen atoms in total. The number of carbonyl (C=O) groups excluding carboxylic acids is 4. The lowest BCUT2D eigenvalue weighted by Crippen LogP contribution is -2.53. The Bertz CT molecular complexity index is 933. The first-order valence-corrected chi connectivity index (χ1v) is 10.9. The van der Waals surface area contributed by atoms with Gasteiger partial charge < -0.3 is 19.5 Å². The molecule has 178 valence electrons. The third-order valence-electron chi connectivity index (χ3n) is 5.88. The van der Waals surface area contributed by atoms with Crippen molar-refractivity contribution in [2.45, 2.75) is 52.3 Å². The Morgan fingerprint density at radius 3 is 2.52 bits per heavy atom. The van der Waals surface area contributed by atoms with Gasteiger partial charge >= 0.3 is 18.2 Å². The first kappa shape index (κ1) is 24.3. The number of carbonyl (C=O) groups is 4. The fraction of sp³-hybridized carbons (Fsp3) is 0.500. The highest BCUT2D eigenvalue weighted by molar-refractivity contribution is 5.95. The van der Waals surface area contributed by atoms with Gasteiger partial charge in [0.25, 0.3) is 0 Å². The molecule has 1 aliphatic heterocycles. The van der Waals surface area contributed by atoms with Crippen molar-refractivity contribution in [1.82, 2.24) is 10.2 Å². The van der Waals surface area contributed by atoms with E-state index < -0.39 is 30.1 Å². The first-order valence-electron chi connectivity index (χ1n) is 10.9. The lowest BCUT2D eigenvalue weighted by atomic mass is 9.84. The van der Waals surface area contributed by atoms with Gasteiger partial charge in [-0.05, 0) is 36.0 Å². The van der Waals surface area contributed by atoms with E-state index in [4.69, 9.17) is 9.47 Å². The summed E-state index contributed by atoms with van der Waals surface area (Å²) < 4.78 is 15.1. The number of rotatable bonds is 5. The lowest BCUT2D eigenvalue weighted by Gasteiger charge is -2.35. The Labute approximate surface area is 193 Å². The molecule has 3 atom stereocenters. The second-order valence-corrected chi connectivity index (χ2v) is 9.21. The number of allylic oxidation sites excluding steroid dienone is 1. The van der Waals surface area contributed by atoms with E-state index in [2.05, 4.69) is 10.1 Å². The molecule has 2 aliphatic rings. The van der Waals surface area contributed by atoms with Gasteiger partial charge in [-0.25, -0.2) is 19.3 Å². The Morgan fingerprint density at radius 1 is 1.18 bits per heavy atom. The van der Waals surface area contributed by atoms with Crippen molar-refractivity contribution >= 4 is 24.1 Å². The van der Waals surface area contributed by atoms with Gasteiger partial charge in [0, 0.05) is 0 Å². The molecule has 9 heteroatoms. The van der Waals surface area contributed by atoms with Crippen molar-refractivity contribution < 1.29 is 33.4 Å². The Balaban J connectivity index is 1.62. The molecule has 3 amide bonds. The summed E-state index contributed by atoms with van der Waals surface area (Å²) in [6.45, 7) is 6.00. The number of hydrogen-bond acceptors (Lipinski definition) is 7. The highest BCUT2D eigenvalue weighted by Crippen LogP contribution is 2.32. The topological polar surface area (TPSA) is 111 Å². The molecular weight excluding hydrogens is 428 g/mol. The predicted octanol–water partition coefficient (Wildman–Crippen LogP) is 3.43. The smallest absolute Gasteiger partial charge is 0.417 e. The molecule has 0 unspecified atom stereocenters. The molecule has 1 N–H and O–H groups in total. The van der Waals surface area contributed by atoms with Crippen molar-refractivity contribution in [1.29, 1.82) is 0 Å². The molecule has 33 heavy (non-hydrogen) atoms. The summed E-state index contributed by atoms with van der Waals surface area (Å²) in [4.78, 5) is 50.8. The summed E-state index contributed by atoms with van der Waals surface area (Å²) in [5.74, 6) is -1.40. The highest BCUT2D eigenvalue weighted by Gasteiger charge is 2.47. The molecule has 1 aliphatic carbocycles. The largest absolute Gasteiger partial charge is 0.465 e. The van der Waals surface area contributed by atoms with Crippen LogP contribution in [0.2, 0.25) is 0 Å². The zero-order valence-corrected chi connectivity index (χ0v) is 19.3. The van der Waals surface area contributed by atoms with Gasteiger partial charge in [0.05, 0.1) is 30.7 Å². The molecule has 1 heterocycles. The van der Waals surface area contributed by atoms with Gasteiger partial charge in [-0.2, -0.15) is 0 Å². The van der Waals surface area contributed by atoms with E-state index in [1.165, 1.54) is 12.0 Å². The Morgan fingerprint density at radius 2 is 1.88 bits per heavy atom. The number of ether oxygens (including phenoxy) is 3. The van der Waals surface area contributed by atoms with Crippen molar-refractivity contribution in [3.05, 3.63) is 47.5 Å². The maximum Gasteiger partial charge on any atom is 0.417 e. The van der Waals surface area contributed by atoms with E-state index in [9.17, 15) is 19.2 Å². The minimum Gasteiger partial charge on any atom is -0.465 e. The van der Waals surface area contributed by atoms with Crippen molar-refractivity contribution in [2.24, 2.45) is 11.3 Å². The SMILES string of the molecule is COC(=O)c1ccc(COC(=O)N[C@H]2C=CCC[C@@H]2C(=O)N2C(=O)OC[C@@H]2C(C)(C)C)cc1. The summed E-state index contributed by atoms with van der Waals surface area (Å²) >= 11 is 0. The van der Waals surface area contributed by atoms with Gasteiger partial charge in [0.15, 0.2) is 0 Å². The van der Waals surface area contributed by atoms with E-state index >= 15 is 0 Å². The number of alkyl carbamates (subject to hydrolysis) is 1. The molecule has 1 aromatic rings. The van der Waals surface area contributed by atoms with Crippen LogP contribution in [-0.4, -0.2) is 54.8 Å². The van der Waals surface area contributed by atoms with Crippen LogP contribution in [0.25, 0.3) is 0 Å². The zero-order valence-electron chi connectivity index (χ0n) is 19.3. The molecule has 1 fully saturated rings.